The van der Waals surface area contributed by atoms with Gasteiger partial charge in [0, 0.05) is 11.1 Å². The Morgan fingerprint density at radius 2 is 1.65 bits per heavy atom. The van der Waals surface area contributed by atoms with Crippen LogP contribution in [-0.4, -0.2) is 46.6 Å². The minimum absolute atomic E-state index is 0.105. The third-order valence-corrected chi connectivity index (χ3v) is 5.83. The smallest absolute Gasteiger partial charge is 0.258 e. The Bertz CT molecular complexity index is 1210. The highest BCUT2D eigenvalue weighted by molar-refractivity contribution is 5.90. The number of methoxy groups -OCH3 is 4. The van der Waals surface area contributed by atoms with Gasteiger partial charge < -0.3 is 18.9 Å². The Morgan fingerprint density at radius 3 is 2.38 bits per heavy atom. The van der Waals surface area contributed by atoms with Gasteiger partial charge in [-0.1, -0.05) is 30.3 Å². The first-order valence-electron chi connectivity index (χ1n) is 10.8. The summed E-state index contributed by atoms with van der Waals surface area (Å²) in [5.41, 5.74) is 10.6. The van der Waals surface area contributed by atoms with Gasteiger partial charge >= 0.3 is 0 Å². The van der Waals surface area contributed by atoms with E-state index < -0.39 is 6.04 Å². The summed E-state index contributed by atoms with van der Waals surface area (Å²) in [6.45, 7) is 0. The van der Waals surface area contributed by atoms with Crippen LogP contribution in [0.2, 0.25) is 0 Å². The van der Waals surface area contributed by atoms with Gasteiger partial charge in [0.05, 0.1) is 40.7 Å². The number of hydrazone groups is 1. The Labute approximate surface area is 198 Å². The van der Waals surface area contributed by atoms with E-state index in [-0.39, 0.29) is 11.9 Å². The van der Waals surface area contributed by atoms with Crippen molar-refractivity contribution in [2.45, 2.75) is 18.5 Å². The van der Waals surface area contributed by atoms with Crippen molar-refractivity contribution in [2.75, 3.05) is 28.4 Å². The van der Waals surface area contributed by atoms with Crippen molar-refractivity contribution in [3.8, 4) is 23.0 Å². The van der Waals surface area contributed by atoms with Crippen LogP contribution in [-0.2, 0) is 4.79 Å². The number of carbonyl (C=O) groups is 1. The van der Waals surface area contributed by atoms with Crippen molar-refractivity contribution in [3.63, 3.8) is 0 Å². The fourth-order valence-electron chi connectivity index (χ4n) is 4.20. The molecule has 4 rings (SSSR count). The van der Waals surface area contributed by atoms with Gasteiger partial charge in [-0.05, 0) is 35.4 Å². The highest BCUT2D eigenvalue weighted by atomic mass is 16.5. The maximum Gasteiger partial charge on any atom is 0.258 e. The Kier molecular flexibility index (Phi) is 7.15. The van der Waals surface area contributed by atoms with Gasteiger partial charge in [-0.2, -0.15) is 5.10 Å². The van der Waals surface area contributed by atoms with Gasteiger partial charge in [0.15, 0.2) is 11.5 Å². The van der Waals surface area contributed by atoms with E-state index in [1.165, 1.54) is 20.4 Å². The second-order valence-corrected chi connectivity index (χ2v) is 7.69. The molecular formula is C25H28N4O5. The van der Waals surface area contributed by atoms with E-state index >= 15 is 0 Å². The van der Waals surface area contributed by atoms with Crippen LogP contribution in [0.15, 0.2) is 53.6 Å². The van der Waals surface area contributed by atoms with Crippen LogP contribution in [0.3, 0.4) is 0 Å². The summed E-state index contributed by atoms with van der Waals surface area (Å²) in [7, 11) is 6.26. The maximum absolute atomic E-state index is 12.8. The molecule has 2 atom stereocenters. The van der Waals surface area contributed by atoms with Crippen LogP contribution in [0, 0.1) is 0 Å². The first-order valence-corrected chi connectivity index (χ1v) is 10.8. The molecule has 1 heterocycles. The lowest BCUT2D eigenvalue weighted by molar-refractivity contribution is -0.122. The zero-order valence-electron chi connectivity index (χ0n) is 19.5. The van der Waals surface area contributed by atoms with Crippen LogP contribution in [0.1, 0.15) is 23.6 Å². The number of amides is 1. The first-order chi connectivity index (χ1) is 16.6. The number of ether oxygens (including phenoxy) is 4. The average molecular weight is 465 g/mol. The topological polar surface area (TPSA) is 102 Å². The maximum atomic E-state index is 12.8. The third kappa shape index (κ3) is 4.48. The molecule has 3 aromatic rings. The van der Waals surface area contributed by atoms with E-state index in [2.05, 4.69) is 33.5 Å². The number of hydrogen-bond acceptors (Lipinski definition) is 8. The largest absolute Gasteiger partial charge is 0.496 e. The van der Waals surface area contributed by atoms with Crippen molar-refractivity contribution < 1.29 is 23.7 Å². The molecule has 1 saturated heterocycles. The van der Waals surface area contributed by atoms with Crippen molar-refractivity contribution in [1.29, 1.82) is 0 Å². The molecule has 9 heteroatoms. The highest BCUT2D eigenvalue weighted by Crippen LogP contribution is 2.39. The molecule has 0 bridgehead atoms. The second kappa shape index (κ2) is 10.4. The van der Waals surface area contributed by atoms with Gasteiger partial charge in [-0.3, -0.25) is 4.79 Å². The number of fused-ring (bicyclic) bond motifs is 1. The number of benzene rings is 3. The summed E-state index contributed by atoms with van der Waals surface area (Å²) >= 11 is 0. The van der Waals surface area contributed by atoms with Crippen molar-refractivity contribution in [3.05, 3.63) is 59.7 Å². The summed E-state index contributed by atoms with van der Waals surface area (Å²) in [4.78, 5) is 12.8. The molecule has 3 aromatic carbocycles. The van der Waals surface area contributed by atoms with Gasteiger partial charge in [0.1, 0.15) is 11.8 Å². The minimum atomic E-state index is -0.474. The fourth-order valence-corrected chi connectivity index (χ4v) is 4.20. The SMILES string of the molecule is COc1ccc(/C=N/NC(=O)C2CC(c3c(OC)ccc4ccccc34)NN2)c(OC)c1OC. The predicted octanol–water partition coefficient (Wildman–Crippen LogP) is 2.93. The molecule has 0 aromatic heterocycles. The van der Waals surface area contributed by atoms with Crippen molar-refractivity contribution in [2.24, 2.45) is 5.10 Å². The molecule has 2 unspecified atom stereocenters. The number of carbonyl (C=O) groups excluding carboxylic acids is 1. The van der Waals surface area contributed by atoms with E-state index in [4.69, 9.17) is 18.9 Å². The lowest BCUT2D eigenvalue weighted by Gasteiger charge is -2.17. The molecule has 0 saturated carbocycles. The summed E-state index contributed by atoms with van der Waals surface area (Å²) in [5, 5.41) is 6.31. The van der Waals surface area contributed by atoms with E-state index in [9.17, 15) is 4.79 Å². The molecule has 0 spiro atoms. The van der Waals surface area contributed by atoms with Crippen LogP contribution >= 0.6 is 0 Å². The lowest BCUT2D eigenvalue weighted by atomic mass is 9.95. The summed E-state index contributed by atoms with van der Waals surface area (Å²) in [6.07, 6.45) is 2.04. The van der Waals surface area contributed by atoms with Gasteiger partial charge in [0.2, 0.25) is 5.75 Å². The zero-order valence-corrected chi connectivity index (χ0v) is 19.5. The van der Waals surface area contributed by atoms with Gasteiger partial charge in [0.25, 0.3) is 5.91 Å². The monoisotopic (exact) mass is 464 g/mol. The molecule has 34 heavy (non-hydrogen) atoms. The molecule has 1 amide bonds. The molecule has 1 fully saturated rings. The van der Waals surface area contributed by atoms with E-state index in [1.54, 1.807) is 26.4 Å². The van der Waals surface area contributed by atoms with Crippen LogP contribution in [0.4, 0.5) is 0 Å². The lowest BCUT2D eigenvalue weighted by Crippen LogP contribution is -2.41. The summed E-state index contributed by atoms with van der Waals surface area (Å²) in [5.74, 6) is 1.97. The second-order valence-electron chi connectivity index (χ2n) is 7.69. The normalized spacial score (nSPS) is 17.6. The molecule has 3 N–H and O–H groups in total. The van der Waals surface area contributed by atoms with Crippen molar-refractivity contribution >= 4 is 22.9 Å². The Morgan fingerprint density at radius 1 is 0.912 bits per heavy atom. The third-order valence-electron chi connectivity index (χ3n) is 5.83. The molecular weight excluding hydrogens is 436 g/mol. The number of nitrogens with one attached hydrogen (secondary N) is 3. The highest BCUT2D eigenvalue weighted by Gasteiger charge is 2.32. The zero-order chi connectivity index (χ0) is 24.1. The molecule has 0 aliphatic carbocycles. The molecule has 178 valence electrons. The molecule has 9 nitrogen and oxygen atoms in total. The predicted molar refractivity (Wildman–Crippen MR) is 130 cm³/mol. The first kappa shape index (κ1) is 23.3. The molecule has 1 aliphatic rings. The minimum Gasteiger partial charge on any atom is -0.496 e. The number of hydrazine groups is 1. The number of hydrogen-bond donors (Lipinski definition) is 3. The van der Waals surface area contributed by atoms with Crippen LogP contribution in [0.5, 0.6) is 23.0 Å². The summed E-state index contributed by atoms with van der Waals surface area (Å²) < 4.78 is 21.7. The fraction of sp³-hybridized carbons (Fsp3) is 0.280. The Hall–Kier alpha value is -3.82. The van der Waals surface area contributed by atoms with Gasteiger partial charge in [-0.25, -0.2) is 16.3 Å². The van der Waals surface area contributed by atoms with Crippen LogP contribution < -0.4 is 35.2 Å². The molecule has 1 aliphatic heterocycles. The van der Waals surface area contributed by atoms with Crippen LogP contribution in [0.25, 0.3) is 10.8 Å². The quantitative estimate of drug-likeness (QED) is 0.348. The molecule has 0 radical (unpaired) electrons. The van der Waals surface area contributed by atoms with Gasteiger partial charge in [-0.15, -0.1) is 0 Å². The van der Waals surface area contributed by atoms with E-state index in [1.807, 2.05) is 24.3 Å². The van der Waals surface area contributed by atoms with Crippen molar-refractivity contribution in [1.82, 2.24) is 16.3 Å². The standard InChI is InChI=1S/C25H28N4O5/c1-31-20-11-9-15-7-5-6-8-17(15)22(20)18-13-19(28-27-18)25(30)29-26-14-16-10-12-21(32-2)24(34-4)23(16)33-3/h5-12,14,18-19,27-28H,13H2,1-4H3,(H,29,30)/b26-14+. The van der Waals surface area contributed by atoms with E-state index in [0.29, 0.717) is 29.2 Å². The van der Waals surface area contributed by atoms with E-state index in [0.717, 1.165) is 22.1 Å². The Balaban J connectivity index is 1.47. The number of rotatable bonds is 8. The average Bonchev–Trinajstić information content (AvgIpc) is 3.37. The number of nitrogens with zero attached hydrogens (tertiary/aromatic N) is 1. The summed E-state index contributed by atoms with van der Waals surface area (Å²) in [6, 6.07) is 15.0.